The molecular formula is C21H19N3O4S. The van der Waals surface area contributed by atoms with Gasteiger partial charge in [0.25, 0.3) is 15.9 Å². The summed E-state index contributed by atoms with van der Waals surface area (Å²) in [6.07, 6.45) is 2.91. The average Bonchev–Trinajstić information content (AvgIpc) is 2.74. The molecule has 1 aromatic heterocycles. The summed E-state index contributed by atoms with van der Waals surface area (Å²) in [5.41, 5.74) is 0.600. The first-order chi connectivity index (χ1) is 13.9. The van der Waals surface area contributed by atoms with E-state index in [4.69, 9.17) is 0 Å². The van der Waals surface area contributed by atoms with Crippen molar-refractivity contribution in [3.8, 4) is 5.75 Å². The summed E-state index contributed by atoms with van der Waals surface area (Å²) in [4.78, 5) is 16.4. The molecule has 7 nitrogen and oxygen atoms in total. The number of hydrogen-bond acceptors (Lipinski definition) is 5. The lowest BCUT2D eigenvalue weighted by Gasteiger charge is -2.23. The average molecular weight is 409 g/mol. The minimum absolute atomic E-state index is 0.0108. The number of amides is 1. The molecule has 148 valence electrons. The van der Waals surface area contributed by atoms with E-state index < -0.39 is 15.9 Å². The monoisotopic (exact) mass is 409 g/mol. The number of benzene rings is 2. The Morgan fingerprint density at radius 2 is 1.86 bits per heavy atom. The van der Waals surface area contributed by atoms with E-state index in [1.807, 2.05) is 0 Å². The molecule has 8 heteroatoms. The maximum absolute atomic E-state index is 13.2. The van der Waals surface area contributed by atoms with Crippen molar-refractivity contribution in [3.05, 3.63) is 91.1 Å². The maximum Gasteiger partial charge on any atom is 0.264 e. The van der Waals surface area contributed by atoms with Crippen LogP contribution in [0.1, 0.15) is 10.4 Å². The molecule has 2 N–H and O–H groups in total. The van der Waals surface area contributed by atoms with Gasteiger partial charge in [-0.25, -0.2) is 13.4 Å². The van der Waals surface area contributed by atoms with Crippen molar-refractivity contribution in [2.45, 2.75) is 4.90 Å². The molecule has 29 heavy (non-hydrogen) atoms. The highest BCUT2D eigenvalue weighted by molar-refractivity contribution is 7.92. The molecule has 0 fully saturated rings. The number of aromatic nitrogens is 1. The molecule has 1 amide bonds. The minimum atomic E-state index is -3.94. The number of carbonyl (C=O) groups is 1. The van der Waals surface area contributed by atoms with Crippen molar-refractivity contribution < 1.29 is 18.3 Å². The van der Waals surface area contributed by atoms with Crippen LogP contribution in [-0.2, 0) is 10.0 Å². The van der Waals surface area contributed by atoms with Gasteiger partial charge in [-0.2, -0.15) is 0 Å². The highest BCUT2D eigenvalue weighted by atomic mass is 32.2. The van der Waals surface area contributed by atoms with E-state index in [1.165, 1.54) is 53.0 Å². The van der Waals surface area contributed by atoms with Crippen LogP contribution in [-0.4, -0.2) is 31.0 Å². The Kier molecular flexibility index (Phi) is 5.94. The van der Waals surface area contributed by atoms with Crippen LogP contribution in [0.4, 0.5) is 11.5 Å². The van der Waals surface area contributed by atoms with Crippen LogP contribution in [0.2, 0.25) is 0 Å². The number of carbonyl (C=O) groups excluding carboxylic acids is 1. The Morgan fingerprint density at radius 3 is 2.55 bits per heavy atom. The van der Waals surface area contributed by atoms with Crippen LogP contribution in [0.15, 0.2) is 90.5 Å². The first-order valence-corrected chi connectivity index (χ1v) is 10.1. The zero-order valence-electron chi connectivity index (χ0n) is 15.4. The van der Waals surface area contributed by atoms with Gasteiger partial charge >= 0.3 is 0 Å². The molecule has 0 aliphatic rings. The summed E-state index contributed by atoms with van der Waals surface area (Å²) in [6.45, 7) is 3.71. The van der Waals surface area contributed by atoms with Gasteiger partial charge in [0.1, 0.15) is 0 Å². The summed E-state index contributed by atoms with van der Waals surface area (Å²) in [7, 11) is -3.94. The van der Waals surface area contributed by atoms with Gasteiger partial charge in [-0.15, -0.1) is 6.58 Å². The maximum atomic E-state index is 13.2. The molecule has 0 radical (unpaired) electrons. The lowest BCUT2D eigenvalue weighted by molar-refractivity contribution is 0.102. The Labute approximate surface area is 169 Å². The molecule has 3 aromatic rings. The largest absolute Gasteiger partial charge is 0.504 e. The smallest absolute Gasteiger partial charge is 0.264 e. The Balaban J connectivity index is 1.94. The van der Waals surface area contributed by atoms with Gasteiger partial charge in [-0.05, 0) is 42.5 Å². The topological polar surface area (TPSA) is 99.6 Å². The zero-order chi connectivity index (χ0) is 20.9. The van der Waals surface area contributed by atoms with Crippen LogP contribution in [0, 0.1) is 0 Å². The highest BCUT2D eigenvalue weighted by Crippen LogP contribution is 2.25. The van der Waals surface area contributed by atoms with Crippen molar-refractivity contribution in [2.24, 2.45) is 0 Å². The summed E-state index contributed by atoms with van der Waals surface area (Å²) in [6, 6.07) is 17.2. The van der Waals surface area contributed by atoms with Gasteiger partial charge in [0.15, 0.2) is 11.6 Å². The number of nitrogens with one attached hydrogen (secondary N) is 1. The number of rotatable bonds is 7. The summed E-state index contributed by atoms with van der Waals surface area (Å²) in [5.74, 6) is -0.791. The van der Waals surface area contributed by atoms with Gasteiger partial charge < -0.3 is 10.4 Å². The lowest BCUT2D eigenvalue weighted by atomic mass is 10.2. The van der Waals surface area contributed by atoms with Gasteiger partial charge in [0.2, 0.25) is 0 Å². The summed E-state index contributed by atoms with van der Waals surface area (Å²) < 4.78 is 27.6. The molecule has 0 saturated heterocycles. The van der Waals surface area contributed by atoms with Gasteiger partial charge in [-0.1, -0.05) is 30.3 Å². The van der Waals surface area contributed by atoms with E-state index in [2.05, 4.69) is 16.9 Å². The van der Waals surface area contributed by atoms with Gasteiger partial charge in [0.05, 0.1) is 17.1 Å². The zero-order valence-corrected chi connectivity index (χ0v) is 16.2. The van der Waals surface area contributed by atoms with E-state index in [1.54, 1.807) is 30.3 Å². The Morgan fingerprint density at radius 1 is 1.10 bits per heavy atom. The lowest BCUT2D eigenvalue weighted by Crippen LogP contribution is -2.31. The molecule has 0 bridgehead atoms. The van der Waals surface area contributed by atoms with E-state index >= 15 is 0 Å². The minimum Gasteiger partial charge on any atom is -0.504 e. The number of pyridine rings is 1. The molecule has 0 aliphatic carbocycles. The molecule has 0 aliphatic heterocycles. The second kappa shape index (κ2) is 8.57. The molecule has 0 atom stereocenters. The molecule has 1 heterocycles. The molecule has 0 saturated carbocycles. The number of aromatic hydroxyl groups is 1. The molecule has 0 spiro atoms. The Bertz CT molecular complexity index is 1130. The third-order valence-corrected chi connectivity index (χ3v) is 5.83. The standard InChI is InChI=1S/C21H19N3O4S/c1-2-14-24(17-9-4-3-5-10-17)29(27,28)18-11-6-8-16(15-18)21(26)23-20-19(25)12-7-13-22-20/h2-13,15,25H,1,14H2,(H,22,23,26). The predicted molar refractivity (Wildman–Crippen MR) is 111 cm³/mol. The first-order valence-electron chi connectivity index (χ1n) is 8.67. The Hall–Kier alpha value is -3.65. The second-order valence-electron chi connectivity index (χ2n) is 6.01. The summed E-state index contributed by atoms with van der Waals surface area (Å²) in [5, 5.41) is 12.2. The van der Waals surface area contributed by atoms with Crippen molar-refractivity contribution in [1.82, 2.24) is 4.98 Å². The number of para-hydroxylation sites is 1. The third kappa shape index (κ3) is 4.44. The van der Waals surface area contributed by atoms with E-state index in [-0.39, 0.29) is 28.6 Å². The number of anilines is 2. The van der Waals surface area contributed by atoms with Crippen LogP contribution >= 0.6 is 0 Å². The summed E-state index contributed by atoms with van der Waals surface area (Å²) >= 11 is 0. The number of nitrogens with zero attached hydrogens (tertiary/aromatic N) is 2. The molecule has 0 unspecified atom stereocenters. The fourth-order valence-corrected chi connectivity index (χ4v) is 4.13. The number of hydrogen-bond donors (Lipinski definition) is 2. The third-order valence-electron chi connectivity index (χ3n) is 4.04. The molecule has 3 rings (SSSR count). The van der Waals surface area contributed by atoms with E-state index in [0.717, 1.165) is 0 Å². The van der Waals surface area contributed by atoms with Crippen LogP contribution in [0.3, 0.4) is 0 Å². The quantitative estimate of drug-likeness (QED) is 0.583. The van der Waals surface area contributed by atoms with Crippen LogP contribution < -0.4 is 9.62 Å². The predicted octanol–water partition coefficient (Wildman–Crippen LogP) is 3.42. The normalized spacial score (nSPS) is 10.9. The SMILES string of the molecule is C=CCN(c1ccccc1)S(=O)(=O)c1cccc(C(=O)Nc2ncccc2O)c1. The van der Waals surface area contributed by atoms with Crippen molar-refractivity contribution in [2.75, 3.05) is 16.2 Å². The second-order valence-corrected chi connectivity index (χ2v) is 7.88. The van der Waals surface area contributed by atoms with E-state index in [0.29, 0.717) is 5.69 Å². The van der Waals surface area contributed by atoms with Crippen molar-refractivity contribution >= 4 is 27.4 Å². The number of sulfonamides is 1. The van der Waals surface area contributed by atoms with Gasteiger partial charge in [0, 0.05) is 11.8 Å². The fourth-order valence-electron chi connectivity index (χ4n) is 2.65. The fraction of sp³-hybridized carbons (Fsp3) is 0.0476. The molecular weight excluding hydrogens is 390 g/mol. The van der Waals surface area contributed by atoms with Crippen molar-refractivity contribution in [1.29, 1.82) is 0 Å². The molecule has 2 aromatic carbocycles. The van der Waals surface area contributed by atoms with Crippen LogP contribution in [0.25, 0.3) is 0 Å². The van der Waals surface area contributed by atoms with Gasteiger partial charge in [-0.3, -0.25) is 9.10 Å². The van der Waals surface area contributed by atoms with Crippen LogP contribution in [0.5, 0.6) is 5.75 Å². The highest BCUT2D eigenvalue weighted by Gasteiger charge is 2.25. The van der Waals surface area contributed by atoms with E-state index in [9.17, 15) is 18.3 Å². The van der Waals surface area contributed by atoms with Crippen molar-refractivity contribution in [3.63, 3.8) is 0 Å². The first kappa shape index (κ1) is 20.1.